The molecule has 166 valence electrons. The van der Waals surface area contributed by atoms with Crippen LogP contribution in [0.2, 0.25) is 0 Å². The van der Waals surface area contributed by atoms with Crippen LogP contribution in [0, 0.1) is 19.8 Å². The Labute approximate surface area is 190 Å². The van der Waals surface area contributed by atoms with Crippen molar-refractivity contribution in [1.82, 2.24) is 15.1 Å². The minimum Gasteiger partial charge on any atom is -0.379 e. The number of hydrogen-bond acceptors (Lipinski definition) is 8. The summed E-state index contributed by atoms with van der Waals surface area (Å²) in [6, 6.07) is 5.94. The molecule has 0 unspecified atom stereocenters. The molecule has 2 saturated heterocycles. The first-order valence-corrected chi connectivity index (χ1v) is 12.2. The van der Waals surface area contributed by atoms with E-state index in [1.165, 1.54) is 16.9 Å². The van der Waals surface area contributed by atoms with Gasteiger partial charge < -0.3 is 15.0 Å². The second-order valence-corrected chi connectivity index (χ2v) is 10.2. The number of aromatic nitrogens is 2. The third-order valence-corrected chi connectivity index (χ3v) is 7.62. The fraction of sp³-hybridized carbons (Fsp3) is 0.524. The lowest BCUT2D eigenvalue weighted by atomic mass is 10.1. The fourth-order valence-corrected chi connectivity index (χ4v) is 5.46. The molecule has 31 heavy (non-hydrogen) atoms. The summed E-state index contributed by atoms with van der Waals surface area (Å²) < 4.78 is 6.20. The number of amides is 2. The van der Waals surface area contributed by atoms with Crippen molar-refractivity contribution in [2.75, 3.05) is 55.4 Å². The summed E-state index contributed by atoms with van der Waals surface area (Å²) in [5.74, 6) is 0.320. The number of nitrogens with one attached hydrogen (secondary N) is 1. The Balaban J connectivity index is 1.27. The van der Waals surface area contributed by atoms with Crippen LogP contribution in [0.25, 0.3) is 0 Å². The molecule has 1 N–H and O–H groups in total. The van der Waals surface area contributed by atoms with Gasteiger partial charge in [-0.25, -0.2) is 0 Å². The molecule has 0 saturated carbocycles. The van der Waals surface area contributed by atoms with Crippen molar-refractivity contribution in [2.45, 2.75) is 24.6 Å². The normalized spacial score (nSPS) is 19.7. The second kappa shape index (κ2) is 10.1. The van der Waals surface area contributed by atoms with E-state index in [0.717, 1.165) is 54.2 Å². The lowest BCUT2D eigenvalue weighted by Gasteiger charge is -2.25. The minimum atomic E-state index is -0.393. The lowest BCUT2D eigenvalue weighted by Crippen LogP contribution is -2.37. The summed E-state index contributed by atoms with van der Waals surface area (Å²) in [5, 5.41) is 11.6. The molecular formula is C21H27N5O3S2. The van der Waals surface area contributed by atoms with E-state index in [2.05, 4.69) is 20.4 Å². The zero-order valence-corrected chi connectivity index (χ0v) is 19.4. The molecule has 2 amide bonds. The average molecular weight is 462 g/mol. The van der Waals surface area contributed by atoms with Crippen LogP contribution in [-0.4, -0.2) is 72.1 Å². The number of anilines is 2. The van der Waals surface area contributed by atoms with Crippen LogP contribution in [0.1, 0.15) is 17.5 Å². The first-order valence-electron chi connectivity index (χ1n) is 10.4. The quantitative estimate of drug-likeness (QED) is 0.501. The minimum absolute atomic E-state index is 0.0278. The zero-order chi connectivity index (χ0) is 21.8. The lowest BCUT2D eigenvalue weighted by molar-refractivity contribution is -0.122. The van der Waals surface area contributed by atoms with E-state index in [1.807, 2.05) is 32.0 Å². The summed E-state index contributed by atoms with van der Waals surface area (Å²) in [6.45, 7) is 8.96. The van der Waals surface area contributed by atoms with Crippen LogP contribution >= 0.6 is 23.1 Å². The van der Waals surface area contributed by atoms with Crippen LogP contribution in [0.15, 0.2) is 22.5 Å². The average Bonchev–Trinajstić information content (AvgIpc) is 3.37. The van der Waals surface area contributed by atoms with Gasteiger partial charge in [0.25, 0.3) is 0 Å². The summed E-state index contributed by atoms with van der Waals surface area (Å²) >= 11 is 3.02. The SMILES string of the molecule is Cc1ccc(N2C[C@H](C(=O)Nc3nnc(SCCN4CCOCC4)s3)CC2=O)cc1C. The molecule has 2 aromatic rings. The molecule has 2 aliphatic rings. The van der Waals surface area contributed by atoms with Crippen molar-refractivity contribution in [1.29, 1.82) is 0 Å². The molecular weight excluding hydrogens is 434 g/mol. The second-order valence-electron chi connectivity index (χ2n) is 7.84. The highest BCUT2D eigenvalue weighted by molar-refractivity contribution is 8.01. The Kier molecular flexibility index (Phi) is 7.21. The topological polar surface area (TPSA) is 87.7 Å². The van der Waals surface area contributed by atoms with Crippen molar-refractivity contribution in [3.63, 3.8) is 0 Å². The maximum Gasteiger partial charge on any atom is 0.231 e. The van der Waals surface area contributed by atoms with Gasteiger partial charge in [-0.2, -0.15) is 0 Å². The molecule has 0 radical (unpaired) electrons. The number of aryl methyl sites for hydroxylation is 2. The van der Waals surface area contributed by atoms with Gasteiger partial charge in [-0.15, -0.1) is 10.2 Å². The van der Waals surface area contributed by atoms with E-state index in [1.54, 1.807) is 16.7 Å². The largest absolute Gasteiger partial charge is 0.379 e. The summed E-state index contributed by atoms with van der Waals surface area (Å²) in [5.41, 5.74) is 3.16. The highest BCUT2D eigenvalue weighted by Gasteiger charge is 2.35. The fourth-order valence-electron chi connectivity index (χ4n) is 3.64. The van der Waals surface area contributed by atoms with Crippen molar-refractivity contribution in [3.05, 3.63) is 29.3 Å². The van der Waals surface area contributed by atoms with Gasteiger partial charge in [-0.05, 0) is 37.1 Å². The maximum atomic E-state index is 12.7. The van der Waals surface area contributed by atoms with E-state index >= 15 is 0 Å². The third kappa shape index (κ3) is 5.62. The molecule has 1 aromatic heterocycles. The summed E-state index contributed by atoms with van der Waals surface area (Å²) in [6.07, 6.45) is 0.207. The highest BCUT2D eigenvalue weighted by atomic mass is 32.2. The van der Waals surface area contributed by atoms with Gasteiger partial charge in [-0.1, -0.05) is 29.2 Å². The van der Waals surface area contributed by atoms with Gasteiger partial charge >= 0.3 is 0 Å². The number of hydrogen-bond donors (Lipinski definition) is 1. The van der Waals surface area contributed by atoms with Gasteiger partial charge in [0.15, 0.2) is 4.34 Å². The molecule has 0 spiro atoms. The standard InChI is InChI=1S/C21H27N5O3S2/c1-14-3-4-17(11-15(14)2)26-13-16(12-18(26)27)19(28)22-20-23-24-21(31-20)30-10-7-25-5-8-29-9-6-25/h3-4,11,16H,5-10,12-13H2,1-2H3,(H,22,23,28)/t16-/m1/s1. The van der Waals surface area contributed by atoms with Crippen molar-refractivity contribution in [3.8, 4) is 0 Å². The predicted molar refractivity (Wildman–Crippen MR) is 123 cm³/mol. The van der Waals surface area contributed by atoms with Crippen LogP contribution < -0.4 is 10.2 Å². The molecule has 2 aliphatic heterocycles. The van der Waals surface area contributed by atoms with Gasteiger partial charge in [0.2, 0.25) is 16.9 Å². The Bertz CT molecular complexity index is 945. The molecule has 1 aromatic carbocycles. The Morgan fingerprint density at radius 1 is 1.26 bits per heavy atom. The number of rotatable bonds is 7. The smallest absolute Gasteiger partial charge is 0.231 e. The number of benzene rings is 1. The third-order valence-electron chi connectivity index (χ3n) is 5.67. The van der Waals surface area contributed by atoms with Crippen LogP contribution in [-0.2, 0) is 14.3 Å². The Morgan fingerprint density at radius 3 is 2.84 bits per heavy atom. The number of thioether (sulfide) groups is 1. The molecule has 8 nitrogen and oxygen atoms in total. The van der Waals surface area contributed by atoms with Crippen molar-refractivity contribution < 1.29 is 14.3 Å². The van der Waals surface area contributed by atoms with Crippen LogP contribution in [0.5, 0.6) is 0 Å². The molecule has 0 aliphatic carbocycles. The highest BCUT2D eigenvalue weighted by Crippen LogP contribution is 2.29. The molecule has 10 heteroatoms. The summed E-state index contributed by atoms with van der Waals surface area (Å²) in [4.78, 5) is 29.3. The Morgan fingerprint density at radius 2 is 2.06 bits per heavy atom. The number of ether oxygens (including phenoxy) is 1. The monoisotopic (exact) mass is 461 g/mol. The van der Waals surface area contributed by atoms with Gasteiger partial charge in [0.1, 0.15) is 0 Å². The summed E-state index contributed by atoms with van der Waals surface area (Å²) in [7, 11) is 0. The van der Waals surface area contributed by atoms with E-state index < -0.39 is 5.92 Å². The Hall–Kier alpha value is -2.01. The van der Waals surface area contributed by atoms with Crippen LogP contribution in [0.3, 0.4) is 0 Å². The van der Waals surface area contributed by atoms with E-state index in [4.69, 9.17) is 4.74 Å². The number of carbonyl (C=O) groups is 2. The van der Waals surface area contributed by atoms with Crippen LogP contribution in [0.4, 0.5) is 10.8 Å². The molecule has 3 heterocycles. The van der Waals surface area contributed by atoms with E-state index in [9.17, 15) is 9.59 Å². The number of carbonyl (C=O) groups excluding carboxylic acids is 2. The molecule has 1 atom stereocenters. The predicted octanol–water partition coefficient (Wildman–Crippen LogP) is 2.57. The van der Waals surface area contributed by atoms with Crippen molar-refractivity contribution in [2.24, 2.45) is 5.92 Å². The first kappa shape index (κ1) is 22.2. The molecule has 2 fully saturated rings. The molecule has 4 rings (SSSR count). The van der Waals surface area contributed by atoms with Gasteiger partial charge in [-0.3, -0.25) is 14.5 Å². The van der Waals surface area contributed by atoms with E-state index in [0.29, 0.717) is 11.7 Å². The van der Waals surface area contributed by atoms with Gasteiger partial charge in [0, 0.05) is 44.0 Å². The zero-order valence-electron chi connectivity index (χ0n) is 17.8. The molecule has 0 bridgehead atoms. The number of morpholine rings is 1. The van der Waals surface area contributed by atoms with E-state index in [-0.39, 0.29) is 18.2 Å². The first-order chi connectivity index (χ1) is 15.0. The number of nitrogens with zero attached hydrogens (tertiary/aromatic N) is 4. The van der Waals surface area contributed by atoms with Gasteiger partial charge in [0.05, 0.1) is 19.1 Å². The maximum absolute atomic E-state index is 12.7. The van der Waals surface area contributed by atoms with Crippen molar-refractivity contribution >= 4 is 45.7 Å².